The predicted octanol–water partition coefficient (Wildman–Crippen LogP) is 4.52. The van der Waals surface area contributed by atoms with E-state index in [2.05, 4.69) is 11.1 Å². The maximum absolute atomic E-state index is 9.44. The standard InChI is InChI=1S/C22H21N3O2/c1-25(2)15-24-20-10-18-12-22(27-14-16-7-5-4-6-8-16)21(26-3)11-17(18)9-19(20)13-23/h4-12,15H,14H2,1-3H3/b24-15-. The molecule has 0 N–H and O–H groups in total. The Morgan fingerprint density at radius 2 is 1.74 bits per heavy atom. The molecule has 3 aromatic carbocycles. The Balaban J connectivity index is 2.00. The van der Waals surface area contributed by atoms with Crippen LogP contribution in [0.1, 0.15) is 11.1 Å². The molecule has 136 valence electrons. The molecule has 0 heterocycles. The second kappa shape index (κ2) is 8.24. The highest BCUT2D eigenvalue weighted by Crippen LogP contribution is 2.35. The lowest BCUT2D eigenvalue weighted by molar-refractivity contribution is 0.285. The summed E-state index contributed by atoms with van der Waals surface area (Å²) in [7, 11) is 5.38. The molecule has 5 nitrogen and oxygen atoms in total. The molecule has 0 spiro atoms. The number of methoxy groups -OCH3 is 1. The van der Waals surface area contributed by atoms with Crippen LogP contribution in [0.25, 0.3) is 10.8 Å². The van der Waals surface area contributed by atoms with Crippen molar-refractivity contribution in [3.8, 4) is 17.6 Å². The summed E-state index contributed by atoms with van der Waals surface area (Å²) in [4.78, 5) is 6.23. The number of aliphatic imine (C=N–C) groups is 1. The summed E-state index contributed by atoms with van der Waals surface area (Å²) in [6, 6.07) is 19.7. The van der Waals surface area contributed by atoms with Crippen LogP contribution in [0.5, 0.6) is 11.5 Å². The minimum Gasteiger partial charge on any atom is -0.493 e. The first-order chi connectivity index (χ1) is 13.1. The van der Waals surface area contributed by atoms with E-state index in [1.54, 1.807) is 13.4 Å². The molecule has 0 aromatic heterocycles. The van der Waals surface area contributed by atoms with E-state index in [1.807, 2.05) is 73.6 Å². The normalized spacial score (nSPS) is 10.7. The SMILES string of the molecule is COc1cc2cc(C#N)c(/N=C\N(C)C)cc2cc1OCc1ccccc1. The Bertz CT molecular complexity index is 1010. The van der Waals surface area contributed by atoms with Gasteiger partial charge in [-0.1, -0.05) is 30.3 Å². The monoisotopic (exact) mass is 359 g/mol. The van der Waals surface area contributed by atoms with E-state index in [0.717, 1.165) is 16.3 Å². The minimum atomic E-state index is 0.449. The highest BCUT2D eigenvalue weighted by atomic mass is 16.5. The highest BCUT2D eigenvalue weighted by Gasteiger charge is 2.11. The lowest BCUT2D eigenvalue weighted by atomic mass is 10.0. The first kappa shape index (κ1) is 18.3. The zero-order valence-electron chi connectivity index (χ0n) is 15.6. The van der Waals surface area contributed by atoms with E-state index in [4.69, 9.17) is 9.47 Å². The number of nitrogens with zero attached hydrogens (tertiary/aromatic N) is 3. The summed E-state index contributed by atoms with van der Waals surface area (Å²) in [5, 5.41) is 11.3. The molecular weight excluding hydrogens is 338 g/mol. The second-order valence-corrected chi connectivity index (χ2v) is 6.31. The average molecular weight is 359 g/mol. The Labute approximate surface area is 159 Å². The molecule has 3 rings (SSSR count). The molecule has 0 fully saturated rings. The number of ether oxygens (including phenoxy) is 2. The summed E-state index contributed by atoms with van der Waals surface area (Å²) >= 11 is 0. The van der Waals surface area contributed by atoms with Crippen molar-refractivity contribution in [1.82, 2.24) is 4.90 Å². The lowest BCUT2D eigenvalue weighted by Gasteiger charge is -2.13. The zero-order chi connectivity index (χ0) is 19.2. The first-order valence-electron chi connectivity index (χ1n) is 8.54. The van der Waals surface area contributed by atoms with Gasteiger partial charge in [-0.2, -0.15) is 5.26 Å². The average Bonchev–Trinajstić information content (AvgIpc) is 2.69. The number of nitriles is 1. The van der Waals surface area contributed by atoms with Crippen LogP contribution in [0.2, 0.25) is 0 Å². The molecule has 0 atom stereocenters. The molecule has 0 aliphatic heterocycles. The molecule has 0 bridgehead atoms. The summed E-state index contributed by atoms with van der Waals surface area (Å²) in [6.07, 6.45) is 1.68. The van der Waals surface area contributed by atoms with Crippen molar-refractivity contribution in [3.63, 3.8) is 0 Å². The third kappa shape index (κ3) is 4.36. The highest BCUT2D eigenvalue weighted by molar-refractivity contribution is 5.91. The van der Waals surface area contributed by atoms with Crippen LogP contribution >= 0.6 is 0 Å². The zero-order valence-corrected chi connectivity index (χ0v) is 15.6. The van der Waals surface area contributed by atoms with Gasteiger partial charge in [-0.15, -0.1) is 0 Å². The smallest absolute Gasteiger partial charge is 0.162 e. The molecule has 27 heavy (non-hydrogen) atoms. The van der Waals surface area contributed by atoms with Crippen molar-refractivity contribution >= 4 is 22.8 Å². The van der Waals surface area contributed by atoms with Gasteiger partial charge in [0, 0.05) is 14.1 Å². The maximum Gasteiger partial charge on any atom is 0.162 e. The van der Waals surface area contributed by atoms with E-state index >= 15 is 0 Å². The van der Waals surface area contributed by atoms with Crippen molar-refractivity contribution < 1.29 is 9.47 Å². The number of rotatable bonds is 6. The maximum atomic E-state index is 9.44. The Morgan fingerprint density at radius 1 is 1.04 bits per heavy atom. The number of hydrogen-bond donors (Lipinski definition) is 0. The van der Waals surface area contributed by atoms with Crippen molar-refractivity contribution in [2.45, 2.75) is 6.61 Å². The van der Waals surface area contributed by atoms with Gasteiger partial charge in [-0.25, -0.2) is 4.99 Å². The second-order valence-electron chi connectivity index (χ2n) is 6.31. The Morgan fingerprint density at radius 3 is 2.41 bits per heavy atom. The largest absolute Gasteiger partial charge is 0.493 e. The van der Waals surface area contributed by atoms with E-state index < -0.39 is 0 Å². The molecule has 0 radical (unpaired) electrons. The van der Waals surface area contributed by atoms with Gasteiger partial charge >= 0.3 is 0 Å². The fraction of sp³-hybridized carbons (Fsp3) is 0.182. The number of fused-ring (bicyclic) bond motifs is 1. The third-order valence-corrected chi connectivity index (χ3v) is 4.02. The van der Waals surface area contributed by atoms with Gasteiger partial charge in [0.15, 0.2) is 11.5 Å². The number of hydrogen-bond acceptors (Lipinski definition) is 4. The van der Waals surface area contributed by atoms with Gasteiger partial charge in [0.05, 0.1) is 24.7 Å². The molecule has 0 saturated carbocycles. The molecule has 0 aliphatic rings. The van der Waals surface area contributed by atoms with Crippen molar-refractivity contribution in [1.29, 1.82) is 5.26 Å². The van der Waals surface area contributed by atoms with Crippen LogP contribution in [-0.4, -0.2) is 32.4 Å². The van der Waals surface area contributed by atoms with Crippen molar-refractivity contribution in [2.24, 2.45) is 4.99 Å². The first-order valence-corrected chi connectivity index (χ1v) is 8.54. The van der Waals surface area contributed by atoms with Gasteiger partial charge in [0.1, 0.15) is 12.7 Å². The van der Waals surface area contributed by atoms with E-state index in [0.29, 0.717) is 29.4 Å². The van der Waals surface area contributed by atoms with Crippen LogP contribution in [-0.2, 0) is 6.61 Å². The van der Waals surface area contributed by atoms with Crippen LogP contribution in [0.4, 0.5) is 5.69 Å². The van der Waals surface area contributed by atoms with Crippen molar-refractivity contribution in [3.05, 3.63) is 65.7 Å². The van der Waals surface area contributed by atoms with Gasteiger partial charge in [-0.3, -0.25) is 0 Å². The molecule has 5 heteroatoms. The Hall–Kier alpha value is -3.52. The third-order valence-electron chi connectivity index (χ3n) is 4.02. The summed E-state index contributed by atoms with van der Waals surface area (Å²) in [5.41, 5.74) is 2.22. The summed E-state index contributed by atoms with van der Waals surface area (Å²) < 4.78 is 11.5. The van der Waals surface area contributed by atoms with Gasteiger partial charge in [-0.05, 0) is 40.6 Å². The topological polar surface area (TPSA) is 57.8 Å². The lowest BCUT2D eigenvalue weighted by Crippen LogP contribution is -2.07. The van der Waals surface area contributed by atoms with Crippen LogP contribution in [0.3, 0.4) is 0 Å². The van der Waals surface area contributed by atoms with E-state index in [1.165, 1.54) is 0 Å². The fourth-order valence-corrected chi connectivity index (χ4v) is 2.68. The van der Waals surface area contributed by atoms with Crippen LogP contribution < -0.4 is 9.47 Å². The van der Waals surface area contributed by atoms with Gasteiger partial charge in [0.25, 0.3) is 0 Å². The molecule has 0 aliphatic carbocycles. The fourth-order valence-electron chi connectivity index (χ4n) is 2.68. The summed E-state index contributed by atoms with van der Waals surface area (Å²) in [5.74, 6) is 1.29. The van der Waals surface area contributed by atoms with Crippen LogP contribution in [0, 0.1) is 11.3 Å². The molecule has 0 unspecified atom stereocenters. The molecular formula is C22H21N3O2. The minimum absolute atomic E-state index is 0.449. The van der Waals surface area contributed by atoms with E-state index in [9.17, 15) is 5.26 Å². The van der Waals surface area contributed by atoms with Crippen LogP contribution in [0.15, 0.2) is 59.6 Å². The molecule has 0 saturated heterocycles. The van der Waals surface area contributed by atoms with Gasteiger partial charge < -0.3 is 14.4 Å². The van der Waals surface area contributed by atoms with E-state index in [-0.39, 0.29) is 0 Å². The summed E-state index contributed by atoms with van der Waals surface area (Å²) in [6.45, 7) is 0.449. The molecule has 0 amide bonds. The van der Waals surface area contributed by atoms with Gasteiger partial charge in [0.2, 0.25) is 0 Å². The quantitative estimate of drug-likeness (QED) is 0.480. The van der Waals surface area contributed by atoms with Crippen molar-refractivity contribution in [2.75, 3.05) is 21.2 Å². The predicted molar refractivity (Wildman–Crippen MR) is 108 cm³/mol. The molecule has 3 aromatic rings. The number of benzene rings is 3. The Kier molecular flexibility index (Phi) is 5.58.